The van der Waals surface area contributed by atoms with Crippen molar-refractivity contribution in [2.24, 2.45) is 5.90 Å². The summed E-state index contributed by atoms with van der Waals surface area (Å²) in [7, 11) is 0. The molecule has 0 aliphatic heterocycles. The number of benzene rings is 1. The summed E-state index contributed by atoms with van der Waals surface area (Å²) in [5, 5.41) is 0. The first-order valence-electron chi connectivity index (χ1n) is 6.37. The molecule has 0 fully saturated rings. The summed E-state index contributed by atoms with van der Waals surface area (Å²) in [6.45, 7) is 9.59. The molecule has 2 N–H and O–H groups in total. The Kier molecular flexibility index (Phi) is 5.16. The maximum absolute atomic E-state index is 5.02. The Morgan fingerprint density at radius 1 is 1.18 bits per heavy atom. The topological polar surface area (TPSA) is 35.2 Å². The molecule has 0 unspecified atom stereocenters. The largest absolute Gasteiger partial charge is 0.305 e. The molecule has 0 atom stereocenters. The van der Waals surface area contributed by atoms with Crippen LogP contribution in [0.2, 0.25) is 0 Å². The highest BCUT2D eigenvalue weighted by atomic mass is 16.6. The van der Waals surface area contributed by atoms with Crippen molar-refractivity contribution in [3.05, 3.63) is 34.9 Å². The summed E-state index contributed by atoms with van der Waals surface area (Å²) in [6.07, 6.45) is 3.26. The standard InChI is InChI=1S/C15H25NO/c1-12-8-9-14(15(2,3)4)11-13(12)7-5-6-10-17-16/h8-9,11H,5-7,10,16H2,1-4H3. The van der Waals surface area contributed by atoms with Gasteiger partial charge < -0.3 is 4.84 Å². The Morgan fingerprint density at radius 2 is 1.88 bits per heavy atom. The number of nitrogens with two attached hydrogens (primary N) is 1. The molecule has 1 rings (SSSR count). The first-order valence-corrected chi connectivity index (χ1v) is 6.37. The van der Waals surface area contributed by atoms with E-state index in [2.05, 4.69) is 50.7 Å². The first kappa shape index (κ1) is 14.2. The second kappa shape index (κ2) is 6.18. The van der Waals surface area contributed by atoms with Gasteiger partial charge in [-0.25, -0.2) is 5.90 Å². The lowest BCUT2D eigenvalue weighted by atomic mass is 9.84. The highest BCUT2D eigenvalue weighted by Crippen LogP contribution is 2.25. The SMILES string of the molecule is Cc1ccc(C(C)(C)C)cc1CCCCON. The van der Waals surface area contributed by atoms with E-state index in [9.17, 15) is 0 Å². The lowest BCUT2D eigenvalue weighted by Gasteiger charge is -2.21. The summed E-state index contributed by atoms with van der Waals surface area (Å²) in [5.41, 5.74) is 4.47. The molecule has 0 spiro atoms. The fourth-order valence-electron chi connectivity index (χ4n) is 1.91. The van der Waals surface area contributed by atoms with Gasteiger partial charge in [-0.2, -0.15) is 0 Å². The van der Waals surface area contributed by atoms with Gasteiger partial charge in [0.25, 0.3) is 0 Å². The molecule has 0 aliphatic carbocycles. The van der Waals surface area contributed by atoms with Gasteiger partial charge >= 0.3 is 0 Å². The third-order valence-corrected chi connectivity index (χ3v) is 3.17. The van der Waals surface area contributed by atoms with Crippen LogP contribution in [0.4, 0.5) is 0 Å². The van der Waals surface area contributed by atoms with Gasteiger partial charge in [0, 0.05) is 0 Å². The minimum atomic E-state index is 0.225. The molecule has 0 bridgehead atoms. The highest BCUT2D eigenvalue weighted by molar-refractivity contribution is 5.34. The Labute approximate surface area is 105 Å². The molecular formula is C15H25NO. The van der Waals surface area contributed by atoms with Gasteiger partial charge in [-0.1, -0.05) is 39.0 Å². The fraction of sp³-hybridized carbons (Fsp3) is 0.600. The molecule has 0 heterocycles. The van der Waals surface area contributed by atoms with Crippen molar-refractivity contribution in [2.75, 3.05) is 6.61 Å². The Hall–Kier alpha value is -0.860. The van der Waals surface area contributed by atoms with E-state index >= 15 is 0 Å². The van der Waals surface area contributed by atoms with E-state index in [0.717, 1.165) is 19.3 Å². The third-order valence-electron chi connectivity index (χ3n) is 3.17. The number of hydrogen-bond acceptors (Lipinski definition) is 2. The summed E-state index contributed by atoms with van der Waals surface area (Å²) >= 11 is 0. The monoisotopic (exact) mass is 235 g/mol. The molecule has 96 valence electrons. The Morgan fingerprint density at radius 3 is 2.47 bits per heavy atom. The Bertz CT molecular complexity index is 352. The second-order valence-corrected chi connectivity index (χ2v) is 5.72. The van der Waals surface area contributed by atoms with Crippen molar-refractivity contribution in [3.8, 4) is 0 Å². The van der Waals surface area contributed by atoms with Crippen LogP contribution in [0.3, 0.4) is 0 Å². The van der Waals surface area contributed by atoms with E-state index in [1.807, 2.05) is 0 Å². The molecule has 1 aromatic carbocycles. The van der Waals surface area contributed by atoms with Gasteiger partial charge in [0.1, 0.15) is 0 Å². The smallest absolute Gasteiger partial charge is 0.0679 e. The van der Waals surface area contributed by atoms with Crippen LogP contribution in [0.15, 0.2) is 18.2 Å². The lowest BCUT2D eigenvalue weighted by molar-refractivity contribution is 0.134. The number of unbranched alkanes of at least 4 members (excludes halogenated alkanes) is 1. The highest BCUT2D eigenvalue weighted by Gasteiger charge is 2.14. The van der Waals surface area contributed by atoms with Gasteiger partial charge in [-0.3, -0.25) is 0 Å². The molecule has 0 amide bonds. The van der Waals surface area contributed by atoms with Crippen LogP contribution < -0.4 is 5.90 Å². The zero-order chi connectivity index (χ0) is 12.9. The van der Waals surface area contributed by atoms with Crippen molar-refractivity contribution in [2.45, 2.75) is 52.4 Å². The van der Waals surface area contributed by atoms with E-state index < -0.39 is 0 Å². The van der Waals surface area contributed by atoms with Crippen LogP contribution >= 0.6 is 0 Å². The van der Waals surface area contributed by atoms with Crippen molar-refractivity contribution in [3.63, 3.8) is 0 Å². The molecule has 0 saturated heterocycles. The molecule has 2 heteroatoms. The van der Waals surface area contributed by atoms with Crippen molar-refractivity contribution in [1.29, 1.82) is 0 Å². The minimum Gasteiger partial charge on any atom is -0.305 e. The zero-order valence-corrected chi connectivity index (χ0v) is 11.5. The fourth-order valence-corrected chi connectivity index (χ4v) is 1.91. The van der Waals surface area contributed by atoms with Crippen LogP contribution in [-0.2, 0) is 16.7 Å². The number of hydrogen-bond donors (Lipinski definition) is 1. The van der Waals surface area contributed by atoms with E-state index in [1.165, 1.54) is 16.7 Å². The summed E-state index contributed by atoms with van der Waals surface area (Å²) < 4.78 is 0. The van der Waals surface area contributed by atoms with Gasteiger partial charge in [0.2, 0.25) is 0 Å². The van der Waals surface area contributed by atoms with E-state index in [4.69, 9.17) is 5.90 Å². The molecule has 1 aromatic rings. The quantitative estimate of drug-likeness (QED) is 0.626. The van der Waals surface area contributed by atoms with Gasteiger partial charge in [0.15, 0.2) is 0 Å². The molecular weight excluding hydrogens is 210 g/mol. The van der Waals surface area contributed by atoms with Crippen LogP contribution in [0.1, 0.15) is 50.3 Å². The van der Waals surface area contributed by atoms with Gasteiger partial charge in [-0.05, 0) is 48.3 Å². The molecule has 2 nitrogen and oxygen atoms in total. The van der Waals surface area contributed by atoms with Gasteiger partial charge in [-0.15, -0.1) is 0 Å². The summed E-state index contributed by atoms with van der Waals surface area (Å²) in [6, 6.07) is 6.82. The average Bonchev–Trinajstić information content (AvgIpc) is 2.25. The Balaban J connectivity index is 2.70. The van der Waals surface area contributed by atoms with Crippen LogP contribution in [0.25, 0.3) is 0 Å². The van der Waals surface area contributed by atoms with E-state index in [1.54, 1.807) is 0 Å². The van der Waals surface area contributed by atoms with E-state index in [-0.39, 0.29) is 5.41 Å². The van der Waals surface area contributed by atoms with Crippen molar-refractivity contribution >= 4 is 0 Å². The van der Waals surface area contributed by atoms with Crippen LogP contribution in [0, 0.1) is 6.92 Å². The molecule has 0 radical (unpaired) electrons. The molecule has 0 aromatic heterocycles. The second-order valence-electron chi connectivity index (χ2n) is 5.72. The van der Waals surface area contributed by atoms with Crippen LogP contribution in [-0.4, -0.2) is 6.61 Å². The number of aryl methyl sites for hydroxylation is 2. The minimum absolute atomic E-state index is 0.225. The first-order chi connectivity index (χ1) is 7.95. The molecule has 17 heavy (non-hydrogen) atoms. The zero-order valence-electron chi connectivity index (χ0n) is 11.5. The van der Waals surface area contributed by atoms with Gasteiger partial charge in [0.05, 0.1) is 6.61 Å². The van der Waals surface area contributed by atoms with Crippen molar-refractivity contribution < 1.29 is 4.84 Å². The summed E-state index contributed by atoms with van der Waals surface area (Å²) in [5.74, 6) is 5.02. The average molecular weight is 235 g/mol. The lowest BCUT2D eigenvalue weighted by Crippen LogP contribution is -2.11. The normalized spacial score (nSPS) is 11.8. The maximum Gasteiger partial charge on any atom is 0.0679 e. The molecule has 0 aliphatic rings. The number of rotatable bonds is 5. The summed E-state index contributed by atoms with van der Waals surface area (Å²) in [4.78, 5) is 4.59. The molecule has 0 saturated carbocycles. The predicted molar refractivity (Wildman–Crippen MR) is 73.0 cm³/mol. The third kappa shape index (κ3) is 4.49. The van der Waals surface area contributed by atoms with Crippen LogP contribution in [0.5, 0.6) is 0 Å². The van der Waals surface area contributed by atoms with Crippen molar-refractivity contribution in [1.82, 2.24) is 0 Å². The maximum atomic E-state index is 5.02. The predicted octanol–water partition coefficient (Wildman–Crippen LogP) is 3.51. The van der Waals surface area contributed by atoms with E-state index in [0.29, 0.717) is 6.61 Å².